The summed E-state index contributed by atoms with van der Waals surface area (Å²) in [5, 5.41) is 10.9. The largest absolute Gasteiger partial charge is 0.387 e. The highest BCUT2D eigenvalue weighted by Gasteiger charge is 2.35. The Bertz CT molecular complexity index is 463. The zero-order valence-corrected chi connectivity index (χ0v) is 13.5. The lowest BCUT2D eigenvalue weighted by atomic mass is 9.92. The molecule has 1 N–H and O–H groups in total. The third-order valence-electron chi connectivity index (χ3n) is 4.85. The average molecular weight is 305 g/mol. The van der Waals surface area contributed by atoms with E-state index in [0.29, 0.717) is 0 Å². The van der Waals surface area contributed by atoms with Gasteiger partial charge in [-0.25, -0.2) is 4.98 Å². The Morgan fingerprint density at radius 1 is 1.14 bits per heavy atom. The highest BCUT2D eigenvalue weighted by Crippen LogP contribution is 2.23. The van der Waals surface area contributed by atoms with Crippen molar-refractivity contribution in [1.82, 2.24) is 19.8 Å². The number of likely N-dealkylation sites (tertiary alicyclic amines) is 1. The summed E-state index contributed by atoms with van der Waals surface area (Å²) in [4.78, 5) is 15.5. The van der Waals surface area contributed by atoms with Gasteiger partial charge < -0.3 is 14.9 Å². The zero-order valence-electron chi connectivity index (χ0n) is 13.5. The van der Waals surface area contributed by atoms with Gasteiger partial charge in [0, 0.05) is 51.7 Å². The molecule has 1 aromatic rings. The number of nitrogens with zero attached hydrogens (tertiary/aromatic N) is 5. The van der Waals surface area contributed by atoms with Gasteiger partial charge in [0.2, 0.25) is 0 Å². The minimum absolute atomic E-state index is 0.539. The summed E-state index contributed by atoms with van der Waals surface area (Å²) in [6.07, 6.45) is 7.30. The predicted octanol–water partition coefficient (Wildman–Crippen LogP) is 0.445. The molecule has 2 aliphatic rings. The lowest BCUT2D eigenvalue weighted by Gasteiger charge is -2.43. The molecule has 0 spiro atoms. The van der Waals surface area contributed by atoms with E-state index in [2.05, 4.69) is 31.6 Å². The summed E-state index contributed by atoms with van der Waals surface area (Å²) < 4.78 is 0. The molecule has 0 unspecified atom stereocenters. The van der Waals surface area contributed by atoms with Crippen molar-refractivity contribution in [3.63, 3.8) is 0 Å². The Labute approximate surface area is 132 Å². The van der Waals surface area contributed by atoms with E-state index in [1.54, 1.807) is 12.4 Å². The van der Waals surface area contributed by atoms with Crippen molar-refractivity contribution in [3.05, 3.63) is 18.6 Å². The van der Waals surface area contributed by atoms with Gasteiger partial charge in [0.25, 0.3) is 0 Å². The zero-order chi connectivity index (χ0) is 15.4. The first-order valence-electron chi connectivity index (χ1n) is 8.37. The van der Waals surface area contributed by atoms with Crippen molar-refractivity contribution in [3.8, 4) is 0 Å². The van der Waals surface area contributed by atoms with Crippen molar-refractivity contribution in [2.75, 3.05) is 57.3 Å². The number of hydrogen-bond donors (Lipinski definition) is 1. The highest BCUT2D eigenvalue weighted by atomic mass is 16.3. The summed E-state index contributed by atoms with van der Waals surface area (Å²) >= 11 is 0. The molecule has 22 heavy (non-hydrogen) atoms. The van der Waals surface area contributed by atoms with E-state index < -0.39 is 5.60 Å². The number of likely N-dealkylation sites (N-methyl/N-ethyl adjacent to an activating group) is 1. The maximum atomic E-state index is 10.9. The summed E-state index contributed by atoms with van der Waals surface area (Å²) in [6, 6.07) is 0. The molecule has 122 valence electrons. The van der Waals surface area contributed by atoms with Crippen LogP contribution in [0.2, 0.25) is 0 Å². The van der Waals surface area contributed by atoms with Crippen molar-refractivity contribution >= 4 is 5.82 Å². The van der Waals surface area contributed by atoms with Gasteiger partial charge in [0.05, 0.1) is 11.8 Å². The Morgan fingerprint density at radius 3 is 2.64 bits per heavy atom. The molecule has 0 bridgehead atoms. The molecule has 3 rings (SSSR count). The molecule has 6 heteroatoms. The third-order valence-corrected chi connectivity index (χ3v) is 4.85. The monoisotopic (exact) mass is 305 g/mol. The fourth-order valence-electron chi connectivity index (χ4n) is 3.61. The molecule has 0 amide bonds. The molecule has 0 saturated carbocycles. The van der Waals surface area contributed by atoms with Crippen LogP contribution in [0.25, 0.3) is 0 Å². The Kier molecular flexibility index (Phi) is 4.90. The van der Waals surface area contributed by atoms with E-state index in [4.69, 9.17) is 0 Å². The van der Waals surface area contributed by atoms with Crippen molar-refractivity contribution < 1.29 is 5.11 Å². The molecule has 3 heterocycles. The molecule has 0 aliphatic carbocycles. The van der Waals surface area contributed by atoms with E-state index in [9.17, 15) is 5.11 Å². The van der Waals surface area contributed by atoms with Crippen LogP contribution in [0.1, 0.15) is 19.8 Å². The Morgan fingerprint density at radius 2 is 1.95 bits per heavy atom. The molecule has 0 radical (unpaired) electrons. The van der Waals surface area contributed by atoms with Gasteiger partial charge in [-0.15, -0.1) is 0 Å². The molecular weight excluding hydrogens is 278 g/mol. The molecule has 2 saturated heterocycles. The quantitative estimate of drug-likeness (QED) is 0.871. The number of rotatable bonds is 4. The van der Waals surface area contributed by atoms with Gasteiger partial charge in [-0.05, 0) is 25.9 Å². The Balaban J connectivity index is 1.51. The number of β-amino-alcohol motifs (C(OH)–C–C–N with tert-alkyl or cyclic N) is 1. The predicted molar refractivity (Wildman–Crippen MR) is 87.0 cm³/mol. The van der Waals surface area contributed by atoms with Crippen LogP contribution in [0.15, 0.2) is 18.6 Å². The minimum atomic E-state index is -0.539. The summed E-state index contributed by atoms with van der Waals surface area (Å²) in [7, 11) is 0. The van der Waals surface area contributed by atoms with Crippen molar-refractivity contribution in [1.29, 1.82) is 0 Å². The lowest BCUT2D eigenvalue weighted by Crippen LogP contribution is -2.57. The van der Waals surface area contributed by atoms with E-state index >= 15 is 0 Å². The molecular formula is C16H27N5O. The van der Waals surface area contributed by atoms with Gasteiger partial charge in [-0.3, -0.25) is 9.88 Å². The number of anilines is 1. The Hall–Kier alpha value is -1.24. The van der Waals surface area contributed by atoms with Crippen LogP contribution in [0.5, 0.6) is 0 Å². The standard InChI is InChI=1S/C16H27N5O/c1-2-19-7-3-4-16(22,13-19)14-20-8-10-21(11-9-20)15-12-17-5-6-18-15/h5-6,12,22H,2-4,7-11,13-14H2,1H3/t16-/m1/s1. The molecule has 1 aromatic heterocycles. The van der Waals surface area contributed by atoms with Crippen molar-refractivity contribution in [2.24, 2.45) is 0 Å². The van der Waals surface area contributed by atoms with Crippen LogP contribution in [0.4, 0.5) is 5.82 Å². The highest BCUT2D eigenvalue weighted by molar-refractivity contribution is 5.35. The normalized spacial score (nSPS) is 28.0. The number of piperazine rings is 1. The summed E-state index contributed by atoms with van der Waals surface area (Å²) in [5.74, 6) is 0.954. The molecule has 1 atom stereocenters. The van der Waals surface area contributed by atoms with Gasteiger partial charge in [0.15, 0.2) is 0 Å². The van der Waals surface area contributed by atoms with E-state index in [1.165, 1.54) is 0 Å². The number of hydrogen-bond acceptors (Lipinski definition) is 6. The fourth-order valence-corrected chi connectivity index (χ4v) is 3.61. The first kappa shape index (κ1) is 15.6. The van der Waals surface area contributed by atoms with E-state index in [0.717, 1.165) is 71.0 Å². The van der Waals surface area contributed by atoms with Crippen LogP contribution in [-0.4, -0.2) is 82.8 Å². The lowest BCUT2D eigenvalue weighted by molar-refractivity contribution is -0.0527. The van der Waals surface area contributed by atoms with Crippen molar-refractivity contribution in [2.45, 2.75) is 25.4 Å². The SMILES string of the molecule is CCN1CCC[C@](O)(CN2CCN(c3cnccn3)CC2)C1. The molecule has 2 fully saturated rings. The number of piperidine rings is 1. The van der Waals surface area contributed by atoms with Crippen LogP contribution in [0, 0.1) is 0 Å². The average Bonchev–Trinajstić information content (AvgIpc) is 2.56. The van der Waals surface area contributed by atoms with Crippen LogP contribution < -0.4 is 4.90 Å². The summed E-state index contributed by atoms with van der Waals surface area (Å²) in [6.45, 7) is 9.79. The maximum Gasteiger partial charge on any atom is 0.147 e. The van der Waals surface area contributed by atoms with Gasteiger partial charge >= 0.3 is 0 Å². The first-order valence-corrected chi connectivity index (χ1v) is 8.37. The van der Waals surface area contributed by atoms with Crippen LogP contribution in [0.3, 0.4) is 0 Å². The third kappa shape index (κ3) is 3.74. The second kappa shape index (κ2) is 6.89. The molecule has 2 aliphatic heterocycles. The van der Waals surface area contributed by atoms with Gasteiger partial charge in [-0.1, -0.05) is 6.92 Å². The summed E-state index contributed by atoms with van der Waals surface area (Å²) in [5.41, 5.74) is -0.539. The molecule has 6 nitrogen and oxygen atoms in total. The topological polar surface area (TPSA) is 55.7 Å². The van der Waals surface area contributed by atoms with Gasteiger partial charge in [0.1, 0.15) is 5.82 Å². The van der Waals surface area contributed by atoms with Crippen LogP contribution >= 0.6 is 0 Å². The fraction of sp³-hybridized carbons (Fsp3) is 0.750. The maximum absolute atomic E-state index is 10.9. The van der Waals surface area contributed by atoms with Crippen LogP contribution in [-0.2, 0) is 0 Å². The smallest absolute Gasteiger partial charge is 0.147 e. The number of aromatic nitrogens is 2. The minimum Gasteiger partial charge on any atom is -0.387 e. The van der Waals surface area contributed by atoms with Gasteiger partial charge in [-0.2, -0.15) is 0 Å². The van der Waals surface area contributed by atoms with E-state index in [1.807, 2.05) is 6.20 Å². The number of aliphatic hydroxyl groups is 1. The second-order valence-corrected chi connectivity index (χ2v) is 6.52. The first-order chi connectivity index (χ1) is 10.7. The second-order valence-electron chi connectivity index (χ2n) is 6.52. The van der Waals surface area contributed by atoms with E-state index in [-0.39, 0.29) is 0 Å². The molecule has 0 aromatic carbocycles.